The summed E-state index contributed by atoms with van der Waals surface area (Å²) in [6.07, 6.45) is 0. The van der Waals surface area contributed by atoms with Crippen LogP contribution in [0.2, 0.25) is 5.02 Å². The number of carbonyl (C=O) groups is 1. The Hall–Kier alpha value is -0.330. The highest BCUT2D eigenvalue weighted by molar-refractivity contribution is 14.1. The maximum atomic E-state index is 11.5. The molecule has 0 spiro atoms. The number of hydrogen-bond acceptors (Lipinski definition) is 2. The Morgan fingerprint density at radius 1 is 1.47 bits per heavy atom. The van der Waals surface area contributed by atoms with Gasteiger partial charge in [-0.25, -0.2) is 0 Å². The van der Waals surface area contributed by atoms with Gasteiger partial charge in [0.2, 0.25) is 0 Å². The fourth-order valence-electron chi connectivity index (χ4n) is 1.44. The largest absolute Gasteiger partial charge is 0.370 e. The monoisotopic (exact) mass is 337 g/mol. The van der Waals surface area contributed by atoms with Crippen molar-refractivity contribution < 1.29 is 9.53 Å². The molecule has 2 rings (SSSR count). The van der Waals surface area contributed by atoms with Gasteiger partial charge in [0, 0.05) is 15.8 Å². The number of nitrogens with zero attached hydrogens (tertiary/aromatic N) is 1. The van der Waals surface area contributed by atoms with Crippen LogP contribution in [0.25, 0.3) is 0 Å². The van der Waals surface area contributed by atoms with Gasteiger partial charge in [0.05, 0.1) is 11.6 Å². The zero-order chi connectivity index (χ0) is 10.8. The topological polar surface area (TPSA) is 29.5 Å². The van der Waals surface area contributed by atoms with Crippen molar-refractivity contribution in [3.8, 4) is 0 Å². The molecule has 1 aromatic carbocycles. The van der Waals surface area contributed by atoms with Crippen molar-refractivity contribution in [1.82, 2.24) is 0 Å². The molecule has 1 aromatic rings. The molecule has 1 saturated heterocycles. The Labute approximate surface area is 106 Å². The van der Waals surface area contributed by atoms with Crippen molar-refractivity contribution in [2.45, 2.75) is 0 Å². The molecule has 0 saturated carbocycles. The second-order valence-electron chi connectivity index (χ2n) is 3.20. The van der Waals surface area contributed by atoms with Crippen molar-refractivity contribution in [3.05, 3.63) is 26.8 Å². The fraction of sp³-hybridized carbons (Fsp3) is 0.300. The van der Waals surface area contributed by atoms with E-state index in [1.807, 2.05) is 18.2 Å². The van der Waals surface area contributed by atoms with Crippen molar-refractivity contribution >= 4 is 45.8 Å². The number of halogens is 2. The first kappa shape index (κ1) is 11.2. The van der Waals surface area contributed by atoms with Crippen molar-refractivity contribution in [2.24, 2.45) is 0 Å². The highest BCUT2D eigenvalue weighted by atomic mass is 127. The summed E-state index contributed by atoms with van der Waals surface area (Å²) in [6.45, 7) is 1.33. The number of hydrogen-bond donors (Lipinski definition) is 0. The molecule has 1 heterocycles. The number of ether oxygens (including phenoxy) is 1. The van der Waals surface area contributed by atoms with Crippen LogP contribution in [0.3, 0.4) is 0 Å². The molecule has 0 radical (unpaired) electrons. The fourth-order valence-corrected chi connectivity index (χ4v) is 1.95. The van der Waals surface area contributed by atoms with Crippen LogP contribution in [0, 0.1) is 3.57 Å². The van der Waals surface area contributed by atoms with Crippen molar-refractivity contribution in [3.63, 3.8) is 0 Å². The Morgan fingerprint density at radius 3 is 2.93 bits per heavy atom. The summed E-state index contributed by atoms with van der Waals surface area (Å²) in [6, 6.07) is 5.62. The average Bonchev–Trinajstić information content (AvgIpc) is 2.23. The number of rotatable bonds is 1. The van der Waals surface area contributed by atoms with Crippen LogP contribution in [-0.2, 0) is 9.53 Å². The van der Waals surface area contributed by atoms with Gasteiger partial charge in [-0.05, 0) is 40.8 Å². The lowest BCUT2D eigenvalue weighted by molar-refractivity contribution is -0.125. The van der Waals surface area contributed by atoms with Gasteiger partial charge in [-0.2, -0.15) is 0 Å². The van der Waals surface area contributed by atoms with Crippen LogP contribution >= 0.6 is 34.2 Å². The molecule has 1 fully saturated rings. The third-order valence-corrected chi connectivity index (χ3v) is 3.77. The third kappa shape index (κ3) is 2.43. The van der Waals surface area contributed by atoms with E-state index in [9.17, 15) is 4.79 Å². The van der Waals surface area contributed by atoms with Gasteiger partial charge in [-0.3, -0.25) is 4.79 Å². The molecule has 5 heteroatoms. The minimum Gasteiger partial charge on any atom is -0.370 e. The standard InChI is InChI=1S/C10H9ClINO2/c11-8-5-7(1-2-9(8)12)13-3-4-15-6-10(13)14/h1-2,5H,3-4,6H2. The summed E-state index contributed by atoms with van der Waals surface area (Å²) in [5.74, 6) is -0.0153. The molecule has 3 nitrogen and oxygen atoms in total. The zero-order valence-electron chi connectivity index (χ0n) is 7.87. The quantitative estimate of drug-likeness (QED) is 0.736. The first-order valence-corrected chi connectivity index (χ1v) is 5.97. The minimum atomic E-state index is -0.0153. The van der Waals surface area contributed by atoms with E-state index >= 15 is 0 Å². The van der Waals surface area contributed by atoms with Gasteiger partial charge >= 0.3 is 0 Å². The number of amides is 1. The lowest BCUT2D eigenvalue weighted by Crippen LogP contribution is -2.41. The third-order valence-electron chi connectivity index (χ3n) is 2.20. The van der Waals surface area contributed by atoms with E-state index in [0.29, 0.717) is 18.2 Å². The summed E-state index contributed by atoms with van der Waals surface area (Å²) >= 11 is 8.16. The van der Waals surface area contributed by atoms with Crippen LogP contribution in [0.1, 0.15) is 0 Å². The Morgan fingerprint density at radius 2 is 2.27 bits per heavy atom. The summed E-state index contributed by atoms with van der Waals surface area (Å²) in [7, 11) is 0. The van der Waals surface area contributed by atoms with Gasteiger partial charge in [0.1, 0.15) is 6.61 Å². The van der Waals surface area contributed by atoms with Crippen LogP contribution in [0.15, 0.2) is 18.2 Å². The summed E-state index contributed by atoms with van der Waals surface area (Å²) < 4.78 is 6.05. The Kier molecular flexibility index (Phi) is 3.48. The molecule has 1 aliphatic heterocycles. The maximum absolute atomic E-state index is 11.5. The highest BCUT2D eigenvalue weighted by Gasteiger charge is 2.20. The number of carbonyl (C=O) groups excluding carboxylic acids is 1. The molecule has 15 heavy (non-hydrogen) atoms. The van der Waals surface area contributed by atoms with E-state index in [2.05, 4.69) is 22.6 Å². The maximum Gasteiger partial charge on any atom is 0.253 e. The normalized spacial score (nSPS) is 16.9. The number of anilines is 1. The van der Waals surface area contributed by atoms with Crippen molar-refractivity contribution in [2.75, 3.05) is 24.7 Å². The second-order valence-corrected chi connectivity index (χ2v) is 4.77. The molecule has 80 valence electrons. The van der Waals surface area contributed by atoms with E-state index in [0.717, 1.165) is 9.26 Å². The van der Waals surface area contributed by atoms with Crippen LogP contribution in [0.4, 0.5) is 5.69 Å². The average molecular weight is 338 g/mol. The van der Waals surface area contributed by atoms with E-state index < -0.39 is 0 Å². The molecule has 0 N–H and O–H groups in total. The van der Waals surface area contributed by atoms with Crippen LogP contribution in [0.5, 0.6) is 0 Å². The van der Waals surface area contributed by atoms with Crippen molar-refractivity contribution in [1.29, 1.82) is 0 Å². The van der Waals surface area contributed by atoms with Gasteiger partial charge in [0.25, 0.3) is 5.91 Å². The SMILES string of the molecule is O=C1COCCN1c1ccc(I)c(Cl)c1. The number of benzene rings is 1. The lowest BCUT2D eigenvalue weighted by atomic mass is 10.2. The smallest absolute Gasteiger partial charge is 0.253 e. The predicted molar refractivity (Wildman–Crippen MR) is 67.3 cm³/mol. The first-order valence-electron chi connectivity index (χ1n) is 4.51. The van der Waals surface area contributed by atoms with Gasteiger partial charge in [-0.1, -0.05) is 11.6 Å². The molecule has 0 atom stereocenters. The number of morpholine rings is 1. The molecular weight excluding hydrogens is 328 g/mol. The molecule has 1 amide bonds. The van der Waals surface area contributed by atoms with E-state index in [4.69, 9.17) is 16.3 Å². The summed E-state index contributed by atoms with van der Waals surface area (Å²) in [5, 5.41) is 0.674. The molecule has 0 unspecified atom stereocenters. The Bertz CT molecular complexity index is 397. The molecular formula is C10H9ClINO2. The summed E-state index contributed by atoms with van der Waals surface area (Å²) in [5.41, 5.74) is 0.841. The zero-order valence-corrected chi connectivity index (χ0v) is 10.8. The predicted octanol–water partition coefficient (Wildman–Crippen LogP) is 2.31. The lowest BCUT2D eigenvalue weighted by Gasteiger charge is -2.27. The molecule has 0 aromatic heterocycles. The highest BCUT2D eigenvalue weighted by Crippen LogP contribution is 2.25. The van der Waals surface area contributed by atoms with E-state index in [1.165, 1.54) is 0 Å². The summed E-state index contributed by atoms with van der Waals surface area (Å²) in [4.78, 5) is 13.2. The molecule has 0 bridgehead atoms. The second kappa shape index (κ2) is 4.67. The van der Waals surface area contributed by atoms with Gasteiger partial charge in [-0.15, -0.1) is 0 Å². The Balaban J connectivity index is 2.28. The molecule has 1 aliphatic rings. The van der Waals surface area contributed by atoms with Crippen LogP contribution < -0.4 is 4.90 Å². The van der Waals surface area contributed by atoms with E-state index in [-0.39, 0.29) is 12.5 Å². The molecule has 0 aliphatic carbocycles. The minimum absolute atomic E-state index is 0.0153. The van der Waals surface area contributed by atoms with Crippen LogP contribution in [-0.4, -0.2) is 25.7 Å². The van der Waals surface area contributed by atoms with Gasteiger partial charge in [0.15, 0.2) is 0 Å². The first-order chi connectivity index (χ1) is 7.18. The van der Waals surface area contributed by atoms with E-state index in [1.54, 1.807) is 4.90 Å². The van der Waals surface area contributed by atoms with Gasteiger partial charge < -0.3 is 9.64 Å².